The Morgan fingerprint density at radius 2 is 1.43 bits per heavy atom. The predicted molar refractivity (Wildman–Crippen MR) is 40.0 cm³/mol. The van der Waals surface area contributed by atoms with Gasteiger partial charge in [0, 0.05) is 39.8 Å². The first-order valence-electron chi connectivity index (χ1n) is 3.16. The molecule has 0 aromatic heterocycles. The summed E-state index contributed by atoms with van der Waals surface area (Å²) in [6.07, 6.45) is 0. The van der Waals surface area contributed by atoms with Crippen molar-refractivity contribution < 1.29 is 51.9 Å². The summed E-state index contributed by atoms with van der Waals surface area (Å²) in [5.41, 5.74) is -2.05. The minimum atomic E-state index is -2.05. The zero-order valence-electron chi connectivity index (χ0n) is 7.60. The topological polar surface area (TPSA) is 85.6 Å². The van der Waals surface area contributed by atoms with Crippen LogP contribution in [0.15, 0.2) is 0 Å². The van der Waals surface area contributed by atoms with Gasteiger partial charge in [0.1, 0.15) is 0 Å². The van der Waals surface area contributed by atoms with E-state index in [2.05, 4.69) is 5.32 Å². The van der Waals surface area contributed by atoms with Gasteiger partial charge >= 0.3 is 0 Å². The van der Waals surface area contributed by atoms with Crippen LogP contribution in [0.2, 0.25) is 0 Å². The summed E-state index contributed by atoms with van der Waals surface area (Å²) < 4.78 is 0. The zero-order chi connectivity index (χ0) is 9.09. The van der Waals surface area contributed by atoms with Crippen molar-refractivity contribution in [2.45, 2.75) is 0 Å². The molecule has 6 nitrogen and oxygen atoms in total. The Kier molecular flexibility index (Phi) is 3.36. The van der Waals surface area contributed by atoms with E-state index in [1.807, 2.05) is 0 Å². The van der Waals surface area contributed by atoms with E-state index in [0.717, 1.165) is 4.90 Å². The van der Waals surface area contributed by atoms with Gasteiger partial charge in [0.25, 0.3) is 11.8 Å². The van der Waals surface area contributed by atoms with Gasteiger partial charge in [0.15, 0.2) is 0 Å². The zero-order valence-corrected chi connectivity index (χ0v) is 10.4. The van der Waals surface area contributed by atoms with Crippen molar-refractivity contribution in [3.05, 3.63) is 12.7 Å². The summed E-state index contributed by atoms with van der Waals surface area (Å²) in [5, 5.41) is 2.89. The molecule has 0 aromatic carbocycles. The van der Waals surface area contributed by atoms with Gasteiger partial charge in [-0.2, -0.15) is 0 Å². The van der Waals surface area contributed by atoms with Crippen LogP contribution in [0.25, 0.3) is 5.32 Å². The van der Waals surface area contributed by atoms with Crippen LogP contribution in [0.5, 0.6) is 0 Å². The SMILES string of the molecule is CN1C(=O)C2(C(=O)[N-]C2=O)C1=O.[CH3-].[Y]. The smallest absolute Gasteiger partial charge is 0.256 e. The Balaban J connectivity index is 0.000000845. The Bertz CT molecular complexity index is 320. The predicted octanol–water partition coefficient (Wildman–Crippen LogP) is -1.14. The molecule has 2 rings (SSSR count). The molecular weight excluding hydrogens is 265 g/mol. The van der Waals surface area contributed by atoms with Gasteiger partial charge < -0.3 is 22.3 Å². The van der Waals surface area contributed by atoms with Crippen LogP contribution in [0.4, 0.5) is 0 Å². The largest absolute Gasteiger partial charge is 0.592 e. The second kappa shape index (κ2) is 3.51. The van der Waals surface area contributed by atoms with Crippen LogP contribution in [0.1, 0.15) is 0 Å². The number of amides is 4. The summed E-state index contributed by atoms with van der Waals surface area (Å²) in [6, 6.07) is 0. The van der Waals surface area contributed by atoms with E-state index >= 15 is 0 Å². The number of rotatable bonds is 0. The molecule has 2 heterocycles. The maximum Gasteiger partial charge on any atom is 0.256 e. The van der Waals surface area contributed by atoms with Gasteiger partial charge in [0.2, 0.25) is 5.41 Å². The van der Waals surface area contributed by atoms with Gasteiger partial charge in [-0.05, 0) is 0 Å². The molecule has 2 fully saturated rings. The number of carbonyl (C=O) groups is 4. The van der Waals surface area contributed by atoms with E-state index in [-0.39, 0.29) is 40.1 Å². The van der Waals surface area contributed by atoms with Crippen LogP contribution in [0.3, 0.4) is 0 Å². The number of β-lactam (4-membered cyclic amide) rings is 4. The van der Waals surface area contributed by atoms with Gasteiger partial charge in [-0.1, -0.05) is 0 Å². The molecule has 2 aliphatic rings. The normalized spacial score (nSPS) is 21.6. The molecule has 0 atom stereocenters. The van der Waals surface area contributed by atoms with Gasteiger partial charge in [-0.15, -0.1) is 0 Å². The fraction of sp³-hybridized carbons (Fsp3) is 0.286. The second-order valence-corrected chi connectivity index (χ2v) is 2.64. The van der Waals surface area contributed by atoms with Crippen molar-refractivity contribution in [2.24, 2.45) is 5.41 Å². The van der Waals surface area contributed by atoms with E-state index in [1.54, 1.807) is 0 Å². The van der Waals surface area contributed by atoms with E-state index < -0.39 is 29.0 Å². The summed E-state index contributed by atoms with van der Waals surface area (Å²) in [4.78, 5) is 44.3. The molecular formula is C7H6N2O4Y-2. The van der Waals surface area contributed by atoms with Crippen LogP contribution >= 0.6 is 0 Å². The van der Waals surface area contributed by atoms with Gasteiger partial charge in [0.05, 0.1) is 11.8 Å². The molecule has 2 saturated heterocycles. The van der Waals surface area contributed by atoms with Crippen molar-refractivity contribution in [1.82, 2.24) is 4.90 Å². The molecule has 1 radical (unpaired) electrons. The molecule has 0 aliphatic carbocycles. The fourth-order valence-corrected chi connectivity index (χ4v) is 1.30. The third-order valence-corrected chi connectivity index (χ3v) is 2.10. The number of likely N-dealkylation sites (tertiary alicyclic amines) is 1. The minimum Gasteiger partial charge on any atom is -0.592 e. The number of imide groups is 2. The molecule has 7 heteroatoms. The molecule has 0 aromatic rings. The Morgan fingerprint density at radius 3 is 1.64 bits per heavy atom. The standard InChI is InChI=1S/C6H4N2O4.CH3.Y/c1-8-4(11)6(5(8)12)2(9)7-3(6)10;;/h1H3,(H,7,9,10);1H3;/q;-1;/p-1. The van der Waals surface area contributed by atoms with Crippen molar-refractivity contribution >= 4 is 23.6 Å². The molecule has 0 bridgehead atoms. The summed E-state index contributed by atoms with van der Waals surface area (Å²) in [7, 11) is 1.22. The average molecular weight is 271 g/mol. The first-order valence-corrected chi connectivity index (χ1v) is 3.16. The second-order valence-electron chi connectivity index (χ2n) is 2.64. The van der Waals surface area contributed by atoms with Crippen LogP contribution in [0, 0.1) is 12.8 Å². The first-order chi connectivity index (χ1) is 5.52. The fourth-order valence-electron chi connectivity index (χ4n) is 1.30. The number of carbonyl (C=O) groups excluding carboxylic acids is 4. The molecule has 2 aliphatic heterocycles. The van der Waals surface area contributed by atoms with Gasteiger partial charge in [-0.25, -0.2) is 0 Å². The van der Waals surface area contributed by atoms with E-state index in [9.17, 15) is 19.2 Å². The van der Waals surface area contributed by atoms with E-state index in [1.165, 1.54) is 7.05 Å². The number of hydrogen-bond acceptors (Lipinski definition) is 4. The molecule has 14 heavy (non-hydrogen) atoms. The Labute approximate surface area is 105 Å². The molecule has 4 amide bonds. The molecule has 73 valence electrons. The first kappa shape index (κ1) is 13.4. The molecule has 0 unspecified atom stereocenters. The Morgan fingerprint density at radius 1 is 1.07 bits per heavy atom. The summed E-state index contributed by atoms with van der Waals surface area (Å²) in [6.45, 7) is 0. The van der Waals surface area contributed by atoms with Gasteiger partial charge in [-0.3, -0.25) is 14.5 Å². The summed E-state index contributed by atoms with van der Waals surface area (Å²) in [5.74, 6) is -3.39. The number of nitrogens with zero attached hydrogens (tertiary/aromatic N) is 2. The van der Waals surface area contributed by atoms with Crippen LogP contribution in [-0.4, -0.2) is 35.6 Å². The average Bonchev–Trinajstić information content (AvgIpc) is 2.04. The molecule has 0 saturated carbocycles. The van der Waals surface area contributed by atoms with Crippen molar-refractivity contribution in [1.29, 1.82) is 0 Å². The van der Waals surface area contributed by atoms with Crippen molar-refractivity contribution in [3.8, 4) is 0 Å². The van der Waals surface area contributed by atoms with Crippen LogP contribution in [-0.2, 0) is 51.9 Å². The van der Waals surface area contributed by atoms with E-state index in [0.29, 0.717) is 0 Å². The molecule has 0 N–H and O–H groups in total. The maximum atomic E-state index is 11.0. The van der Waals surface area contributed by atoms with Crippen molar-refractivity contribution in [2.75, 3.05) is 7.05 Å². The molecule has 1 spiro atoms. The monoisotopic (exact) mass is 271 g/mol. The van der Waals surface area contributed by atoms with E-state index in [4.69, 9.17) is 0 Å². The van der Waals surface area contributed by atoms with Crippen molar-refractivity contribution in [3.63, 3.8) is 0 Å². The maximum absolute atomic E-state index is 11.0. The Hall–Kier alpha value is -0.616. The van der Waals surface area contributed by atoms with Crippen LogP contribution < -0.4 is 0 Å². The third kappa shape index (κ3) is 0.980. The minimum absolute atomic E-state index is 0. The quantitative estimate of drug-likeness (QED) is 0.316. The summed E-state index contributed by atoms with van der Waals surface area (Å²) >= 11 is 0. The number of hydrogen-bond donors (Lipinski definition) is 0. The third-order valence-electron chi connectivity index (χ3n) is 2.10.